The van der Waals surface area contributed by atoms with Gasteiger partial charge in [-0.15, -0.1) is 0 Å². The van der Waals surface area contributed by atoms with Crippen LogP contribution in [0.2, 0.25) is 0 Å². The van der Waals surface area contributed by atoms with Crippen LogP contribution >= 0.6 is 0 Å². The van der Waals surface area contributed by atoms with Gasteiger partial charge in [0.1, 0.15) is 17.1 Å². The molecule has 0 N–H and O–H groups in total. The lowest BCUT2D eigenvalue weighted by molar-refractivity contribution is -0.167. The first kappa shape index (κ1) is 27.7. The van der Waals surface area contributed by atoms with E-state index in [9.17, 15) is 19.2 Å². The maximum Gasteiger partial charge on any atom is 0.410 e. The highest BCUT2D eigenvalue weighted by Crippen LogP contribution is 2.24. The molecule has 0 spiro atoms. The molecule has 2 aromatic rings. The summed E-state index contributed by atoms with van der Waals surface area (Å²) in [5, 5.41) is 0. The van der Waals surface area contributed by atoms with E-state index in [-0.39, 0.29) is 12.2 Å². The molecule has 0 saturated carbocycles. The van der Waals surface area contributed by atoms with Gasteiger partial charge >= 0.3 is 18.0 Å². The van der Waals surface area contributed by atoms with Gasteiger partial charge in [-0.25, -0.2) is 9.59 Å². The maximum atomic E-state index is 13.1. The van der Waals surface area contributed by atoms with Gasteiger partial charge in [0.25, 0.3) is 6.10 Å². The second-order valence-electron chi connectivity index (χ2n) is 9.61. The van der Waals surface area contributed by atoms with Crippen molar-refractivity contribution in [2.24, 2.45) is 5.92 Å². The fourth-order valence-electron chi connectivity index (χ4n) is 3.73. The van der Waals surface area contributed by atoms with Crippen molar-refractivity contribution in [1.82, 2.24) is 4.90 Å². The zero-order valence-electron chi connectivity index (χ0n) is 21.6. The predicted octanol–water partition coefficient (Wildman–Crippen LogP) is 4.78. The van der Waals surface area contributed by atoms with E-state index < -0.39 is 41.4 Å². The van der Waals surface area contributed by atoms with Gasteiger partial charge in [-0.2, -0.15) is 0 Å². The summed E-state index contributed by atoms with van der Waals surface area (Å²) < 4.78 is 21.5. The average molecular weight is 512 g/mol. The van der Waals surface area contributed by atoms with Crippen LogP contribution in [0.1, 0.15) is 50.9 Å². The van der Waals surface area contributed by atoms with Crippen molar-refractivity contribution < 1.29 is 38.1 Å². The molecule has 2 aromatic carbocycles. The fraction of sp³-hybridized carbons (Fsp3) is 0.429. The molecule has 1 aliphatic heterocycles. The van der Waals surface area contributed by atoms with E-state index in [1.54, 1.807) is 52.0 Å². The molecule has 0 aliphatic carbocycles. The summed E-state index contributed by atoms with van der Waals surface area (Å²) >= 11 is 0. The molecule has 1 heterocycles. The third-order valence-electron chi connectivity index (χ3n) is 5.57. The Hall–Kier alpha value is -3.88. The number of benzene rings is 2. The highest BCUT2D eigenvalue weighted by molar-refractivity contribution is 6.12. The minimum absolute atomic E-state index is 0.0261. The molecule has 1 atom stereocenters. The van der Waals surface area contributed by atoms with Crippen molar-refractivity contribution >= 4 is 23.8 Å². The standard InChI is InChI=1S/C28H33NO8/c1-5-34-26(32)24(23(30)19-11-13-22(14-12-19)35-21-9-7-6-8-10-21)36-25(31)20-15-17-29(18-16-20)27(33)37-28(2,3)4/h6-14,20,24H,5,15-18H2,1-4H3. The summed E-state index contributed by atoms with van der Waals surface area (Å²) in [6, 6.07) is 15.3. The second kappa shape index (κ2) is 12.4. The maximum absolute atomic E-state index is 13.1. The summed E-state index contributed by atoms with van der Waals surface area (Å²) in [6.45, 7) is 7.58. The Bertz CT molecular complexity index is 1080. The molecule has 9 heteroatoms. The topological polar surface area (TPSA) is 108 Å². The lowest BCUT2D eigenvalue weighted by Gasteiger charge is -2.32. The molecule has 0 bridgehead atoms. The number of piperidine rings is 1. The van der Waals surface area contributed by atoms with Crippen LogP contribution in [0, 0.1) is 5.92 Å². The van der Waals surface area contributed by atoms with Crippen molar-refractivity contribution in [3.8, 4) is 11.5 Å². The molecule has 1 saturated heterocycles. The van der Waals surface area contributed by atoms with Gasteiger partial charge in [-0.05, 0) is 76.9 Å². The Labute approximate surface area is 216 Å². The number of Topliss-reactive ketones (excluding diaryl/α,β-unsaturated/α-hetero) is 1. The van der Waals surface area contributed by atoms with Gasteiger partial charge < -0.3 is 23.8 Å². The molecule has 1 amide bonds. The average Bonchev–Trinajstić information content (AvgIpc) is 2.87. The molecule has 3 rings (SSSR count). The van der Waals surface area contributed by atoms with Crippen LogP contribution in [0.5, 0.6) is 11.5 Å². The summed E-state index contributed by atoms with van der Waals surface area (Å²) in [7, 11) is 0. The van der Waals surface area contributed by atoms with Crippen LogP contribution in [-0.2, 0) is 23.8 Å². The van der Waals surface area contributed by atoms with E-state index in [1.165, 1.54) is 17.0 Å². The number of hydrogen-bond acceptors (Lipinski definition) is 8. The molecular weight excluding hydrogens is 478 g/mol. The fourth-order valence-corrected chi connectivity index (χ4v) is 3.73. The van der Waals surface area contributed by atoms with Crippen molar-refractivity contribution in [2.75, 3.05) is 19.7 Å². The molecule has 0 aromatic heterocycles. The van der Waals surface area contributed by atoms with Crippen molar-refractivity contribution in [2.45, 2.75) is 52.2 Å². The normalized spacial score (nSPS) is 14.9. The van der Waals surface area contributed by atoms with Crippen LogP contribution in [-0.4, -0.2) is 60.1 Å². The summed E-state index contributed by atoms with van der Waals surface area (Å²) in [6.07, 6.45) is -1.52. The van der Waals surface area contributed by atoms with Gasteiger partial charge in [0.05, 0.1) is 12.5 Å². The van der Waals surface area contributed by atoms with Gasteiger partial charge in [0.2, 0.25) is 5.78 Å². The number of ketones is 1. The van der Waals surface area contributed by atoms with Crippen molar-refractivity contribution in [1.29, 1.82) is 0 Å². The number of esters is 2. The monoisotopic (exact) mass is 511 g/mol. The van der Waals surface area contributed by atoms with Crippen molar-refractivity contribution in [3.05, 3.63) is 60.2 Å². The van der Waals surface area contributed by atoms with E-state index in [0.717, 1.165) is 0 Å². The molecule has 1 aliphatic rings. The van der Waals surface area contributed by atoms with Gasteiger partial charge in [0, 0.05) is 18.7 Å². The quantitative estimate of drug-likeness (QED) is 0.216. The lowest BCUT2D eigenvalue weighted by Crippen LogP contribution is -2.44. The summed E-state index contributed by atoms with van der Waals surface area (Å²) in [5.74, 6) is -1.73. The number of para-hydroxylation sites is 1. The lowest BCUT2D eigenvalue weighted by atomic mass is 9.97. The minimum Gasteiger partial charge on any atom is -0.463 e. The molecule has 1 fully saturated rings. The number of ether oxygens (including phenoxy) is 4. The zero-order chi connectivity index (χ0) is 27.0. The van der Waals surface area contributed by atoms with E-state index in [0.29, 0.717) is 37.4 Å². The number of likely N-dealkylation sites (tertiary alicyclic amines) is 1. The highest BCUT2D eigenvalue weighted by Gasteiger charge is 2.37. The number of carbonyl (C=O) groups excluding carboxylic acids is 4. The third kappa shape index (κ3) is 8.06. The largest absolute Gasteiger partial charge is 0.463 e. The Morgan fingerprint density at radius 1 is 0.919 bits per heavy atom. The number of amides is 1. The molecule has 9 nitrogen and oxygen atoms in total. The molecular formula is C28H33NO8. The summed E-state index contributed by atoms with van der Waals surface area (Å²) in [5.41, 5.74) is -0.447. The number of nitrogens with zero attached hydrogens (tertiary/aromatic N) is 1. The Balaban J connectivity index is 1.63. The first-order chi connectivity index (χ1) is 17.6. The summed E-state index contributed by atoms with van der Waals surface area (Å²) in [4.78, 5) is 52.4. The Morgan fingerprint density at radius 2 is 1.51 bits per heavy atom. The van der Waals surface area contributed by atoms with Gasteiger partial charge in [-0.3, -0.25) is 9.59 Å². The second-order valence-corrected chi connectivity index (χ2v) is 9.61. The van der Waals surface area contributed by atoms with E-state index in [2.05, 4.69) is 0 Å². The third-order valence-corrected chi connectivity index (χ3v) is 5.57. The van der Waals surface area contributed by atoms with Gasteiger partial charge in [-0.1, -0.05) is 18.2 Å². The van der Waals surface area contributed by atoms with Crippen LogP contribution in [0.15, 0.2) is 54.6 Å². The molecule has 37 heavy (non-hydrogen) atoms. The Kier molecular flexibility index (Phi) is 9.27. The SMILES string of the molecule is CCOC(=O)C(OC(=O)C1CCN(C(=O)OC(C)(C)C)CC1)C(=O)c1ccc(Oc2ccccc2)cc1. The number of rotatable bonds is 8. The van der Waals surface area contributed by atoms with E-state index in [1.807, 2.05) is 18.2 Å². The molecule has 1 unspecified atom stereocenters. The van der Waals surface area contributed by atoms with Crippen LogP contribution < -0.4 is 4.74 Å². The first-order valence-corrected chi connectivity index (χ1v) is 12.3. The first-order valence-electron chi connectivity index (χ1n) is 12.3. The van der Waals surface area contributed by atoms with Crippen LogP contribution in [0.25, 0.3) is 0 Å². The Morgan fingerprint density at radius 3 is 2.08 bits per heavy atom. The number of carbonyl (C=O) groups is 4. The van der Waals surface area contributed by atoms with Crippen molar-refractivity contribution in [3.63, 3.8) is 0 Å². The smallest absolute Gasteiger partial charge is 0.410 e. The van der Waals surface area contributed by atoms with E-state index >= 15 is 0 Å². The van der Waals surface area contributed by atoms with Gasteiger partial charge in [0.15, 0.2) is 0 Å². The highest BCUT2D eigenvalue weighted by atomic mass is 16.6. The molecule has 0 radical (unpaired) electrons. The predicted molar refractivity (Wildman–Crippen MR) is 134 cm³/mol. The zero-order valence-corrected chi connectivity index (χ0v) is 21.6. The van der Waals surface area contributed by atoms with Crippen LogP contribution in [0.4, 0.5) is 4.79 Å². The van der Waals surface area contributed by atoms with E-state index in [4.69, 9.17) is 18.9 Å². The minimum atomic E-state index is -1.72. The van der Waals surface area contributed by atoms with Crippen LogP contribution in [0.3, 0.4) is 0 Å². The number of hydrogen-bond donors (Lipinski definition) is 0. The molecule has 198 valence electrons.